The Balaban J connectivity index is 1.70. The van der Waals surface area contributed by atoms with Gasteiger partial charge in [0.25, 0.3) is 12.3 Å². The van der Waals surface area contributed by atoms with Gasteiger partial charge >= 0.3 is 0 Å². The molecule has 0 spiro atoms. The highest BCUT2D eigenvalue weighted by molar-refractivity contribution is 5.83. The first-order chi connectivity index (χ1) is 14.9. The van der Waals surface area contributed by atoms with E-state index < -0.39 is 31.0 Å². The zero-order valence-corrected chi connectivity index (χ0v) is 16.1. The summed E-state index contributed by atoms with van der Waals surface area (Å²) in [6, 6.07) is 2.65. The van der Waals surface area contributed by atoms with Gasteiger partial charge in [-0.1, -0.05) is 0 Å². The van der Waals surface area contributed by atoms with Gasteiger partial charge in [0, 0.05) is 18.0 Å². The van der Waals surface area contributed by atoms with Gasteiger partial charge in [0.05, 0.1) is 18.7 Å². The molecule has 3 heterocycles. The van der Waals surface area contributed by atoms with Crippen LogP contribution in [0.3, 0.4) is 0 Å². The van der Waals surface area contributed by atoms with Gasteiger partial charge in [0.2, 0.25) is 5.91 Å². The summed E-state index contributed by atoms with van der Waals surface area (Å²) in [5.74, 6) is 1.53. The van der Waals surface area contributed by atoms with E-state index in [1.165, 1.54) is 0 Å². The average molecular weight is 435 g/mol. The van der Waals surface area contributed by atoms with Crippen molar-refractivity contribution in [3.8, 4) is 17.1 Å². The second-order valence-corrected chi connectivity index (χ2v) is 6.95. The van der Waals surface area contributed by atoms with Crippen molar-refractivity contribution in [1.29, 1.82) is 0 Å². The monoisotopic (exact) mass is 435 g/mol. The Bertz CT molecular complexity index is 1050. The van der Waals surface area contributed by atoms with E-state index in [1.54, 1.807) is 34.9 Å². The number of amides is 1. The molecule has 1 fully saturated rings. The number of benzene rings is 1. The zero-order chi connectivity index (χ0) is 22.1. The third kappa shape index (κ3) is 3.78. The second-order valence-electron chi connectivity index (χ2n) is 6.95. The molecule has 1 aromatic heterocycles. The lowest BCUT2D eigenvalue weighted by molar-refractivity contribution is -0.119. The molecule has 0 bridgehead atoms. The van der Waals surface area contributed by atoms with Crippen molar-refractivity contribution >= 4 is 23.4 Å². The molecule has 2 aliphatic rings. The van der Waals surface area contributed by atoms with Crippen LogP contribution in [-0.4, -0.2) is 64.8 Å². The largest absolute Gasteiger partial charge is 0.491 e. The fourth-order valence-corrected chi connectivity index (χ4v) is 3.48. The van der Waals surface area contributed by atoms with Crippen molar-refractivity contribution in [2.45, 2.75) is 25.1 Å². The van der Waals surface area contributed by atoms with E-state index in [2.05, 4.69) is 10.3 Å². The minimum Gasteiger partial charge on any atom is -0.491 e. The zero-order valence-electron chi connectivity index (χ0n) is 16.1. The summed E-state index contributed by atoms with van der Waals surface area (Å²) in [4.78, 5) is 28.0. The van der Waals surface area contributed by atoms with Crippen LogP contribution in [0.25, 0.3) is 11.4 Å². The summed E-state index contributed by atoms with van der Waals surface area (Å²) in [5.41, 5.74) is 6.31. The summed E-state index contributed by atoms with van der Waals surface area (Å²) in [5, 5.41) is 12.1. The molecule has 0 aliphatic carbocycles. The fourth-order valence-electron chi connectivity index (χ4n) is 3.48. The van der Waals surface area contributed by atoms with Crippen LogP contribution in [0.5, 0.6) is 5.75 Å². The first kappa shape index (κ1) is 20.6. The van der Waals surface area contributed by atoms with Gasteiger partial charge in [0.15, 0.2) is 11.8 Å². The topological polar surface area (TPSA) is 132 Å². The summed E-state index contributed by atoms with van der Waals surface area (Å²) in [7, 11) is 0. The Morgan fingerprint density at radius 3 is 2.90 bits per heavy atom. The molecule has 10 nitrogen and oxygen atoms in total. The van der Waals surface area contributed by atoms with Crippen LogP contribution in [0.15, 0.2) is 30.3 Å². The molecule has 4 rings (SSSR count). The van der Waals surface area contributed by atoms with Crippen molar-refractivity contribution in [2.75, 3.05) is 30.0 Å². The minimum atomic E-state index is -2.75. The standard InChI is InChI=1S/C19H19F2N5O5/c20-17(21)13-9-31-16(8-28)26(13)15-6-25-3-4-30-14-5-10(23-12(7-27)18(22)29)1-2-11(14)19(25)24-15/h1-2,5-6,12-13,17,23,27H,3-4,7,9H2,(H2,22,29)/t12?,13-/m0/s1. The highest BCUT2D eigenvalue weighted by Crippen LogP contribution is 2.37. The van der Waals surface area contributed by atoms with Gasteiger partial charge in [-0.3, -0.25) is 9.69 Å². The van der Waals surface area contributed by atoms with E-state index in [1.807, 2.05) is 0 Å². The predicted molar refractivity (Wildman–Crippen MR) is 104 cm³/mol. The maximum Gasteiger partial charge on any atom is 0.284 e. The first-order valence-electron chi connectivity index (χ1n) is 9.39. The molecule has 0 radical (unpaired) electrons. The van der Waals surface area contributed by atoms with Crippen LogP contribution < -0.4 is 20.7 Å². The van der Waals surface area contributed by atoms with E-state index in [0.717, 1.165) is 4.90 Å². The number of carbonyl (C=O) groups is 1. The third-order valence-corrected chi connectivity index (χ3v) is 5.01. The van der Waals surface area contributed by atoms with Crippen molar-refractivity contribution < 1.29 is 33.0 Å². The number of anilines is 2. The molecule has 2 atom stereocenters. The van der Waals surface area contributed by atoms with Crippen LogP contribution in [-0.2, 0) is 20.9 Å². The molecule has 2 aliphatic heterocycles. The lowest BCUT2D eigenvalue weighted by atomic mass is 10.1. The van der Waals surface area contributed by atoms with Gasteiger partial charge in [-0.05, 0) is 12.1 Å². The van der Waals surface area contributed by atoms with Gasteiger partial charge in [-0.25, -0.2) is 18.6 Å². The van der Waals surface area contributed by atoms with Crippen LogP contribution in [0.2, 0.25) is 0 Å². The van der Waals surface area contributed by atoms with Crippen molar-refractivity contribution in [3.63, 3.8) is 0 Å². The highest BCUT2D eigenvalue weighted by atomic mass is 19.3. The molecule has 31 heavy (non-hydrogen) atoms. The number of nitrogens with one attached hydrogen (secondary N) is 1. The Morgan fingerprint density at radius 2 is 2.23 bits per heavy atom. The maximum absolute atomic E-state index is 13.4. The molecule has 0 saturated carbocycles. The molecule has 12 heteroatoms. The lowest BCUT2D eigenvalue weighted by Crippen LogP contribution is -2.38. The Hall–Kier alpha value is -3.63. The van der Waals surface area contributed by atoms with Gasteiger partial charge in [-0.2, -0.15) is 0 Å². The molecule has 2 aromatic rings. The summed E-state index contributed by atoms with van der Waals surface area (Å²) in [6.07, 6.45) is -1.20. The predicted octanol–water partition coefficient (Wildman–Crippen LogP) is 0.344. The number of aromatic nitrogens is 2. The lowest BCUT2D eigenvalue weighted by Gasteiger charge is -2.19. The molecular formula is C19H19F2N5O5. The molecule has 1 amide bonds. The van der Waals surface area contributed by atoms with E-state index >= 15 is 0 Å². The van der Waals surface area contributed by atoms with Crippen molar-refractivity contribution in [3.05, 3.63) is 30.3 Å². The van der Waals surface area contributed by atoms with Gasteiger partial charge < -0.3 is 30.2 Å². The van der Waals surface area contributed by atoms with Crippen molar-refractivity contribution in [2.24, 2.45) is 5.73 Å². The third-order valence-electron chi connectivity index (χ3n) is 5.01. The minimum absolute atomic E-state index is 0.139. The number of aliphatic hydroxyl groups excluding tert-OH is 1. The van der Waals surface area contributed by atoms with E-state index in [4.69, 9.17) is 15.2 Å². The number of carbonyl (C=O) groups excluding carboxylic acids is 2. The highest BCUT2D eigenvalue weighted by Gasteiger charge is 2.40. The number of nitrogens with two attached hydrogens (primary N) is 1. The number of nitrogens with zero attached hydrogens (tertiary/aromatic N) is 3. The molecule has 1 unspecified atom stereocenters. The van der Waals surface area contributed by atoms with Crippen LogP contribution in [0.1, 0.15) is 0 Å². The van der Waals surface area contributed by atoms with Crippen LogP contribution >= 0.6 is 0 Å². The number of hydrogen-bond donors (Lipinski definition) is 3. The molecular weight excluding hydrogens is 416 g/mol. The number of fused-ring (bicyclic) bond motifs is 3. The van der Waals surface area contributed by atoms with E-state index in [0.29, 0.717) is 29.4 Å². The quantitative estimate of drug-likeness (QED) is 0.554. The Morgan fingerprint density at radius 1 is 1.42 bits per heavy atom. The fraction of sp³-hybridized carbons (Fsp3) is 0.368. The van der Waals surface area contributed by atoms with Gasteiger partial charge in [-0.15, -0.1) is 0 Å². The summed E-state index contributed by atoms with van der Waals surface area (Å²) < 4.78 is 39.4. The summed E-state index contributed by atoms with van der Waals surface area (Å²) in [6.45, 7) is -0.167. The summed E-state index contributed by atoms with van der Waals surface area (Å²) >= 11 is 0. The molecule has 1 saturated heterocycles. The second kappa shape index (κ2) is 8.25. The number of primary amides is 1. The number of hydrogen-bond acceptors (Lipinski definition) is 8. The SMILES string of the molecule is NC(=O)C(CO)Nc1ccc2c(c1)OCCn1cc(N3C(=C=O)OC[C@H]3C(F)F)nc1-2. The normalized spacial score (nSPS) is 18.4. The van der Waals surface area contributed by atoms with E-state index in [9.17, 15) is 23.5 Å². The first-order valence-corrected chi connectivity index (χ1v) is 9.39. The number of rotatable bonds is 6. The van der Waals surface area contributed by atoms with Crippen LogP contribution in [0.4, 0.5) is 20.3 Å². The number of halogens is 2. The molecule has 164 valence electrons. The van der Waals surface area contributed by atoms with E-state index in [-0.39, 0.29) is 24.9 Å². The van der Waals surface area contributed by atoms with Gasteiger partial charge in [0.1, 0.15) is 36.9 Å². The Labute approximate surface area is 174 Å². The van der Waals surface area contributed by atoms with Crippen molar-refractivity contribution in [1.82, 2.24) is 9.55 Å². The number of aliphatic hydroxyl groups is 1. The van der Waals surface area contributed by atoms with Crippen LogP contribution in [0, 0.1) is 0 Å². The Kier molecular flexibility index (Phi) is 5.49. The molecule has 4 N–H and O–H groups in total. The smallest absolute Gasteiger partial charge is 0.284 e. The number of alkyl halides is 2. The molecule has 1 aromatic carbocycles. The average Bonchev–Trinajstić information content (AvgIpc) is 3.32. The maximum atomic E-state index is 13.4. The number of ether oxygens (including phenoxy) is 2. The number of imidazole rings is 1.